The molecule has 0 fully saturated rings. The van der Waals surface area contributed by atoms with Crippen molar-refractivity contribution in [1.82, 2.24) is 10.2 Å². The van der Waals surface area contributed by atoms with Gasteiger partial charge in [-0.3, -0.25) is 4.79 Å². The Labute approximate surface area is 132 Å². The average Bonchev–Trinajstić information content (AvgIpc) is 2.45. The monoisotopic (exact) mass is 306 g/mol. The van der Waals surface area contributed by atoms with Crippen LogP contribution in [-0.2, 0) is 16.1 Å². The molecular weight excluding hydrogens is 280 g/mol. The van der Waals surface area contributed by atoms with E-state index in [1.54, 1.807) is 11.9 Å². The second-order valence-electron chi connectivity index (χ2n) is 6.16. The van der Waals surface area contributed by atoms with Crippen LogP contribution < -0.4 is 5.32 Å². The van der Waals surface area contributed by atoms with Gasteiger partial charge in [0.2, 0.25) is 5.91 Å². The second-order valence-corrected chi connectivity index (χ2v) is 6.16. The van der Waals surface area contributed by atoms with Crippen LogP contribution in [-0.4, -0.2) is 36.1 Å². The van der Waals surface area contributed by atoms with Crippen LogP contribution >= 0.6 is 0 Å². The fourth-order valence-electron chi connectivity index (χ4n) is 1.92. The number of hydrogen-bond acceptors (Lipinski definition) is 3. The summed E-state index contributed by atoms with van der Waals surface area (Å²) in [6.45, 7) is 6.49. The molecule has 1 aromatic rings. The minimum atomic E-state index is -0.535. The van der Waals surface area contributed by atoms with Crippen molar-refractivity contribution in [3.63, 3.8) is 0 Å². The minimum Gasteiger partial charge on any atom is -0.444 e. The van der Waals surface area contributed by atoms with Gasteiger partial charge in [0, 0.05) is 26.6 Å². The van der Waals surface area contributed by atoms with E-state index in [0.717, 1.165) is 5.56 Å². The fraction of sp³-hybridized carbons (Fsp3) is 0.529. The zero-order chi connectivity index (χ0) is 16.6. The summed E-state index contributed by atoms with van der Waals surface area (Å²) >= 11 is 0. The largest absolute Gasteiger partial charge is 0.444 e. The van der Waals surface area contributed by atoms with Crippen molar-refractivity contribution < 1.29 is 14.3 Å². The zero-order valence-electron chi connectivity index (χ0n) is 13.9. The first kappa shape index (κ1) is 18.0. The molecule has 0 heterocycles. The molecule has 0 unspecified atom stereocenters. The Kier molecular flexibility index (Phi) is 6.89. The third kappa shape index (κ3) is 7.11. The van der Waals surface area contributed by atoms with E-state index in [1.807, 2.05) is 51.1 Å². The van der Waals surface area contributed by atoms with Crippen LogP contribution in [0, 0.1) is 0 Å². The van der Waals surface area contributed by atoms with Crippen LogP contribution in [0.4, 0.5) is 4.79 Å². The van der Waals surface area contributed by atoms with Gasteiger partial charge in [0.05, 0.1) is 0 Å². The third-order valence-electron chi connectivity index (χ3n) is 2.98. The summed E-state index contributed by atoms with van der Waals surface area (Å²) in [5, 5.41) is 2.58. The Morgan fingerprint density at radius 2 is 1.82 bits per heavy atom. The smallest absolute Gasteiger partial charge is 0.410 e. The molecule has 1 N–H and O–H groups in total. The molecule has 2 amide bonds. The average molecular weight is 306 g/mol. The van der Waals surface area contributed by atoms with Gasteiger partial charge in [-0.25, -0.2) is 4.79 Å². The summed E-state index contributed by atoms with van der Waals surface area (Å²) in [4.78, 5) is 25.3. The lowest BCUT2D eigenvalue weighted by atomic mass is 10.2. The van der Waals surface area contributed by atoms with Gasteiger partial charge < -0.3 is 15.0 Å². The van der Waals surface area contributed by atoms with Gasteiger partial charge in [0.15, 0.2) is 0 Å². The van der Waals surface area contributed by atoms with E-state index < -0.39 is 5.60 Å². The van der Waals surface area contributed by atoms with Gasteiger partial charge in [0.25, 0.3) is 0 Å². The van der Waals surface area contributed by atoms with Crippen molar-refractivity contribution in [2.45, 2.75) is 45.8 Å². The SMILES string of the molecule is CNC(=O)CCCN(Cc1ccccc1)C(=O)OC(C)(C)C. The predicted molar refractivity (Wildman–Crippen MR) is 86.4 cm³/mol. The molecule has 0 saturated heterocycles. The summed E-state index contributed by atoms with van der Waals surface area (Å²) < 4.78 is 5.44. The molecule has 0 radical (unpaired) electrons. The van der Waals surface area contributed by atoms with Crippen molar-refractivity contribution in [2.75, 3.05) is 13.6 Å². The Morgan fingerprint density at radius 1 is 1.18 bits per heavy atom. The molecular formula is C17H26N2O3. The van der Waals surface area contributed by atoms with Crippen LogP contribution in [0.3, 0.4) is 0 Å². The third-order valence-corrected chi connectivity index (χ3v) is 2.98. The van der Waals surface area contributed by atoms with Crippen LogP contribution in [0.5, 0.6) is 0 Å². The van der Waals surface area contributed by atoms with Crippen LogP contribution in [0.2, 0.25) is 0 Å². The van der Waals surface area contributed by atoms with Crippen LogP contribution in [0.25, 0.3) is 0 Å². The molecule has 0 atom stereocenters. The van der Waals surface area contributed by atoms with Gasteiger partial charge >= 0.3 is 6.09 Å². The predicted octanol–water partition coefficient (Wildman–Crippen LogP) is 2.95. The summed E-state index contributed by atoms with van der Waals surface area (Å²) in [6.07, 6.45) is 0.643. The number of rotatable bonds is 6. The maximum atomic E-state index is 12.3. The molecule has 122 valence electrons. The Bertz CT molecular complexity index is 480. The number of benzene rings is 1. The van der Waals surface area contributed by atoms with E-state index in [1.165, 1.54) is 0 Å². The van der Waals surface area contributed by atoms with Crippen molar-refractivity contribution >= 4 is 12.0 Å². The molecule has 5 nitrogen and oxygen atoms in total. The van der Waals surface area contributed by atoms with E-state index in [4.69, 9.17) is 4.74 Å². The highest BCUT2D eigenvalue weighted by Gasteiger charge is 2.22. The Balaban J connectivity index is 2.67. The fourth-order valence-corrected chi connectivity index (χ4v) is 1.92. The first-order chi connectivity index (χ1) is 10.3. The maximum absolute atomic E-state index is 12.3. The van der Waals surface area contributed by atoms with E-state index in [9.17, 15) is 9.59 Å². The number of hydrogen-bond donors (Lipinski definition) is 1. The molecule has 5 heteroatoms. The lowest BCUT2D eigenvalue weighted by molar-refractivity contribution is -0.120. The summed E-state index contributed by atoms with van der Waals surface area (Å²) in [5.41, 5.74) is 0.501. The first-order valence-electron chi connectivity index (χ1n) is 7.54. The summed E-state index contributed by atoms with van der Waals surface area (Å²) in [7, 11) is 1.61. The second kappa shape index (κ2) is 8.41. The van der Waals surface area contributed by atoms with Gasteiger partial charge in [-0.1, -0.05) is 30.3 Å². The van der Waals surface area contributed by atoms with E-state index in [0.29, 0.717) is 25.9 Å². The van der Waals surface area contributed by atoms with Crippen molar-refractivity contribution in [3.05, 3.63) is 35.9 Å². The molecule has 1 rings (SSSR count). The van der Waals surface area contributed by atoms with Crippen molar-refractivity contribution in [2.24, 2.45) is 0 Å². The topological polar surface area (TPSA) is 58.6 Å². The lowest BCUT2D eigenvalue weighted by Gasteiger charge is -2.27. The number of carbonyl (C=O) groups excluding carboxylic acids is 2. The maximum Gasteiger partial charge on any atom is 0.410 e. The quantitative estimate of drug-likeness (QED) is 0.879. The van der Waals surface area contributed by atoms with Gasteiger partial charge in [-0.15, -0.1) is 0 Å². The van der Waals surface area contributed by atoms with Crippen molar-refractivity contribution in [3.8, 4) is 0 Å². The number of ether oxygens (including phenoxy) is 1. The Hall–Kier alpha value is -2.04. The number of nitrogens with one attached hydrogen (secondary N) is 1. The molecule has 0 aliphatic heterocycles. The highest BCUT2D eigenvalue weighted by Crippen LogP contribution is 2.13. The normalized spacial score (nSPS) is 10.9. The van der Waals surface area contributed by atoms with Gasteiger partial charge in [-0.05, 0) is 32.8 Å². The van der Waals surface area contributed by atoms with Gasteiger partial charge in [0.1, 0.15) is 5.60 Å². The van der Waals surface area contributed by atoms with Crippen LogP contribution in [0.15, 0.2) is 30.3 Å². The standard InChI is InChI=1S/C17H26N2O3/c1-17(2,3)22-16(21)19(12-8-11-15(20)18-4)13-14-9-6-5-7-10-14/h5-7,9-10H,8,11-13H2,1-4H3,(H,18,20). The lowest BCUT2D eigenvalue weighted by Crippen LogP contribution is -2.37. The molecule has 0 spiro atoms. The molecule has 1 aromatic carbocycles. The van der Waals surface area contributed by atoms with Crippen molar-refractivity contribution in [1.29, 1.82) is 0 Å². The number of nitrogens with zero attached hydrogens (tertiary/aromatic N) is 1. The first-order valence-corrected chi connectivity index (χ1v) is 7.54. The summed E-state index contributed by atoms with van der Waals surface area (Å²) in [5.74, 6) is -0.0242. The molecule has 0 saturated carbocycles. The molecule has 0 aliphatic carbocycles. The van der Waals surface area contributed by atoms with E-state index >= 15 is 0 Å². The number of amides is 2. The molecule has 0 aromatic heterocycles. The minimum absolute atomic E-state index is 0.0242. The summed E-state index contributed by atoms with van der Waals surface area (Å²) in [6, 6.07) is 9.75. The molecule has 0 bridgehead atoms. The highest BCUT2D eigenvalue weighted by atomic mass is 16.6. The van der Waals surface area contributed by atoms with E-state index in [-0.39, 0.29) is 12.0 Å². The van der Waals surface area contributed by atoms with Crippen LogP contribution in [0.1, 0.15) is 39.2 Å². The molecule has 0 aliphatic rings. The zero-order valence-corrected chi connectivity index (χ0v) is 13.9. The number of carbonyl (C=O) groups is 2. The van der Waals surface area contributed by atoms with Gasteiger partial charge in [-0.2, -0.15) is 0 Å². The highest BCUT2D eigenvalue weighted by molar-refractivity contribution is 5.75. The molecule has 22 heavy (non-hydrogen) atoms. The Morgan fingerprint density at radius 3 is 2.36 bits per heavy atom. The van der Waals surface area contributed by atoms with E-state index in [2.05, 4.69) is 5.32 Å².